The van der Waals surface area contributed by atoms with Crippen molar-refractivity contribution in [3.8, 4) is 0 Å². The molecule has 0 aliphatic carbocycles. The molecular weight excluding hydrogens is 270 g/mol. The smallest absolute Gasteiger partial charge is 0.186 e. The van der Waals surface area contributed by atoms with Crippen LogP contribution in [0.15, 0.2) is 18.2 Å². The van der Waals surface area contributed by atoms with Gasteiger partial charge in [-0.3, -0.25) is 9.78 Å². The highest BCUT2D eigenvalue weighted by molar-refractivity contribution is 7.17. The molecule has 0 spiro atoms. The first kappa shape index (κ1) is 14.7. The molecular formula is C15H19N3OS. The van der Waals surface area contributed by atoms with Gasteiger partial charge in [0.2, 0.25) is 0 Å². The van der Waals surface area contributed by atoms with Crippen molar-refractivity contribution in [1.82, 2.24) is 9.97 Å². The Morgan fingerprint density at radius 2 is 2.10 bits per heavy atom. The monoisotopic (exact) mass is 289 g/mol. The Labute approximate surface area is 123 Å². The van der Waals surface area contributed by atoms with Crippen molar-refractivity contribution in [2.24, 2.45) is 0 Å². The van der Waals surface area contributed by atoms with E-state index in [1.54, 1.807) is 0 Å². The van der Waals surface area contributed by atoms with Crippen LogP contribution in [0.25, 0.3) is 0 Å². The van der Waals surface area contributed by atoms with Crippen molar-refractivity contribution in [2.45, 2.75) is 33.7 Å². The molecule has 0 saturated carbocycles. The van der Waals surface area contributed by atoms with Crippen molar-refractivity contribution in [2.75, 3.05) is 11.4 Å². The number of rotatable bonds is 6. The summed E-state index contributed by atoms with van der Waals surface area (Å²) < 4.78 is 0. The summed E-state index contributed by atoms with van der Waals surface area (Å²) in [6.45, 7) is 7.65. The minimum absolute atomic E-state index is 0.715. The molecule has 2 heterocycles. The van der Waals surface area contributed by atoms with Gasteiger partial charge < -0.3 is 4.90 Å². The summed E-state index contributed by atoms with van der Waals surface area (Å²) in [6, 6.07) is 6.02. The Bertz CT molecular complexity index is 595. The average Bonchev–Trinajstić information content (AvgIpc) is 2.88. The fraction of sp³-hybridized carbons (Fsp3) is 0.400. The van der Waals surface area contributed by atoms with Gasteiger partial charge in [-0.25, -0.2) is 4.98 Å². The highest BCUT2D eigenvalue weighted by atomic mass is 32.1. The third-order valence-corrected chi connectivity index (χ3v) is 4.19. The van der Waals surface area contributed by atoms with Gasteiger partial charge in [0, 0.05) is 12.2 Å². The largest absolute Gasteiger partial charge is 0.342 e. The molecule has 20 heavy (non-hydrogen) atoms. The molecule has 0 saturated heterocycles. The van der Waals surface area contributed by atoms with E-state index >= 15 is 0 Å². The van der Waals surface area contributed by atoms with Crippen LogP contribution in [0.4, 0.5) is 5.13 Å². The Morgan fingerprint density at radius 3 is 2.65 bits per heavy atom. The van der Waals surface area contributed by atoms with E-state index in [2.05, 4.69) is 21.8 Å². The topological polar surface area (TPSA) is 46.1 Å². The predicted octanol–water partition coefficient (Wildman–Crippen LogP) is 3.25. The number of hydrogen-bond donors (Lipinski definition) is 0. The van der Waals surface area contributed by atoms with Crippen LogP contribution in [-0.4, -0.2) is 22.8 Å². The minimum atomic E-state index is 0.715. The van der Waals surface area contributed by atoms with E-state index in [1.165, 1.54) is 11.3 Å². The van der Waals surface area contributed by atoms with Crippen LogP contribution >= 0.6 is 11.3 Å². The zero-order valence-corrected chi connectivity index (χ0v) is 12.9. The van der Waals surface area contributed by atoms with Gasteiger partial charge in [0.05, 0.1) is 22.8 Å². The molecule has 0 radical (unpaired) electrons. The molecule has 2 aromatic heterocycles. The number of thiazole rings is 1. The summed E-state index contributed by atoms with van der Waals surface area (Å²) in [7, 11) is 0. The molecule has 2 aromatic rings. The number of aromatic nitrogens is 2. The van der Waals surface area contributed by atoms with Gasteiger partial charge in [0.25, 0.3) is 0 Å². The Kier molecular flexibility index (Phi) is 4.84. The second-order valence-corrected chi connectivity index (χ2v) is 5.57. The van der Waals surface area contributed by atoms with Crippen molar-refractivity contribution in [3.05, 3.63) is 40.2 Å². The molecule has 4 nitrogen and oxygen atoms in total. The van der Waals surface area contributed by atoms with Crippen molar-refractivity contribution >= 4 is 22.8 Å². The van der Waals surface area contributed by atoms with Gasteiger partial charge in [0.1, 0.15) is 0 Å². The third kappa shape index (κ3) is 3.22. The quantitative estimate of drug-likeness (QED) is 0.766. The highest BCUT2D eigenvalue weighted by Crippen LogP contribution is 2.26. The fourth-order valence-corrected chi connectivity index (χ4v) is 3.06. The molecule has 0 unspecified atom stereocenters. The lowest BCUT2D eigenvalue weighted by Crippen LogP contribution is -2.22. The Morgan fingerprint density at radius 1 is 1.30 bits per heavy atom. The summed E-state index contributed by atoms with van der Waals surface area (Å²) in [6.07, 6.45) is 1.68. The number of hydrogen-bond acceptors (Lipinski definition) is 5. The van der Waals surface area contributed by atoms with E-state index in [-0.39, 0.29) is 0 Å². The molecule has 0 aromatic carbocycles. The standard InChI is InChI=1S/C15H19N3OS/c1-4-13-14(10-19)20-15(17-13)18(5-2)9-12-8-6-7-11(3)16-12/h6-8,10H,4-5,9H2,1-3H3. The molecule has 0 aliphatic heterocycles. The molecule has 106 valence electrons. The van der Waals surface area contributed by atoms with E-state index in [4.69, 9.17) is 0 Å². The lowest BCUT2D eigenvalue weighted by Gasteiger charge is -2.19. The normalized spacial score (nSPS) is 10.6. The van der Waals surface area contributed by atoms with Crippen LogP contribution in [0.2, 0.25) is 0 Å². The first-order valence-corrected chi connectivity index (χ1v) is 7.61. The Balaban J connectivity index is 2.23. The summed E-state index contributed by atoms with van der Waals surface area (Å²) in [5.41, 5.74) is 2.92. The number of carbonyl (C=O) groups is 1. The van der Waals surface area contributed by atoms with Crippen molar-refractivity contribution in [1.29, 1.82) is 0 Å². The molecule has 0 amide bonds. The molecule has 0 bridgehead atoms. The molecule has 2 rings (SSSR count). The maximum Gasteiger partial charge on any atom is 0.186 e. The zero-order chi connectivity index (χ0) is 14.5. The van der Waals surface area contributed by atoms with Crippen molar-refractivity contribution in [3.63, 3.8) is 0 Å². The third-order valence-electron chi connectivity index (χ3n) is 3.11. The minimum Gasteiger partial charge on any atom is -0.342 e. The zero-order valence-electron chi connectivity index (χ0n) is 12.1. The van der Waals surface area contributed by atoms with Crippen LogP contribution in [0.5, 0.6) is 0 Å². The van der Waals surface area contributed by atoms with Crippen LogP contribution < -0.4 is 4.90 Å². The van der Waals surface area contributed by atoms with E-state index in [9.17, 15) is 4.79 Å². The number of nitrogens with zero attached hydrogens (tertiary/aromatic N) is 3. The lowest BCUT2D eigenvalue weighted by molar-refractivity contribution is 0.112. The molecule has 0 aliphatic rings. The number of aldehydes is 1. The summed E-state index contributed by atoms with van der Waals surface area (Å²) in [5.74, 6) is 0. The van der Waals surface area contributed by atoms with Crippen molar-refractivity contribution < 1.29 is 4.79 Å². The first-order valence-electron chi connectivity index (χ1n) is 6.80. The number of aryl methyl sites for hydroxylation is 2. The molecule has 0 N–H and O–H groups in total. The van der Waals surface area contributed by atoms with Crippen LogP contribution in [0.1, 0.15) is 40.6 Å². The number of anilines is 1. The first-order chi connectivity index (χ1) is 9.67. The summed E-state index contributed by atoms with van der Waals surface area (Å²) in [4.78, 5) is 23.0. The number of pyridine rings is 1. The second-order valence-electron chi connectivity index (χ2n) is 4.56. The number of carbonyl (C=O) groups excluding carboxylic acids is 1. The van der Waals surface area contributed by atoms with E-state index < -0.39 is 0 Å². The molecule has 5 heteroatoms. The summed E-state index contributed by atoms with van der Waals surface area (Å²) >= 11 is 1.46. The SMILES string of the molecule is CCc1nc(N(CC)Cc2cccc(C)n2)sc1C=O. The average molecular weight is 289 g/mol. The van der Waals surface area contributed by atoms with E-state index in [1.807, 2.05) is 32.0 Å². The predicted molar refractivity (Wildman–Crippen MR) is 82.6 cm³/mol. The van der Waals surface area contributed by atoms with Gasteiger partial charge in [0.15, 0.2) is 11.4 Å². The van der Waals surface area contributed by atoms with Gasteiger partial charge in [-0.1, -0.05) is 24.3 Å². The van der Waals surface area contributed by atoms with Crippen LogP contribution in [0, 0.1) is 6.92 Å². The lowest BCUT2D eigenvalue weighted by atomic mass is 10.3. The van der Waals surface area contributed by atoms with Gasteiger partial charge in [-0.2, -0.15) is 0 Å². The van der Waals surface area contributed by atoms with Crippen LogP contribution in [-0.2, 0) is 13.0 Å². The Hall–Kier alpha value is -1.75. The molecule has 0 fully saturated rings. The highest BCUT2D eigenvalue weighted by Gasteiger charge is 2.14. The fourth-order valence-electron chi connectivity index (χ4n) is 2.03. The maximum atomic E-state index is 11.1. The maximum absolute atomic E-state index is 11.1. The van der Waals surface area contributed by atoms with E-state index in [0.717, 1.165) is 46.3 Å². The van der Waals surface area contributed by atoms with E-state index in [0.29, 0.717) is 6.54 Å². The molecule has 0 atom stereocenters. The van der Waals surface area contributed by atoms with Crippen LogP contribution in [0.3, 0.4) is 0 Å². The van der Waals surface area contributed by atoms with Gasteiger partial charge >= 0.3 is 0 Å². The summed E-state index contributed by atoms with van der Waals surface area (Å²) in [5, 5.41) is 0.898. The van der Waals surface area contributed by atoms with Gasteiger partial charge in [-0.15, -0.1) is 0 Å². The van der Waals surface area contributed by atoms with Gasteiger partial charge in [-0.05, 0) is 32.4 Å². The second kappa shape index (κ2) is 6.61.